The molecule has 0 spiro atoms. The van der Waals surface area contributed by atoms with E-state index in [4.69, 9.17) is 11.6 Å². The van der Waals surface area contributed by atoms with Crippen LogP contribution in [0.2, 0.25) is 5.02 Å². The number of piperazine rings is 1. The smallest absolute Gasteiger partial charge is 0.178 e. The fraction of sp³-hybridized carbons (Fsp3) is 0.500. The van der Waals surface area contributed by atoms with Crippen molar-refractivity contribution in [2.45, 2.75) is 33.7 Å². The molecule has 0 unspecified atom stereocenters. The number of likely N-dealkylation sites (N-methyl/N-ethyl adjacent to an activating group) is 1. The van der Waals surface area contributed by atoms with Gasteiger partial charge >= 0.3 is 0 Å². The second-order valence-corrected chi connectivity index (χ2v) is 7.88. The predicted octanol–water partition coefficient (Wildman–Crippen LogP) is 3.82. The van der Waals surface area contributed by atoms with E-state index in [9.17, 15) is 4.79 Å². The highest BCUT2D eigenvalue weighted by atomic mass is 35.5. The SMILES string of the molecule is CCN1CCN(CC(=O)c2cc(C)n(CCc3ccc(Cl)cc3)c2C)CC1. The highest BCUT2D eigenvalue weighted by Crippen LogP contribution is 2.18. The Morgan fingerprint density at radius 1 is 1.04 bits per heavy atom. The van der Waals surface area contributed by atoms with Crippen molar-refractivity contribution in [3.63, 3.8) is 0 Å². The van der Waals surface area contributed by atoms with Gasteiger partial charge in [0.15, 0.2) is 5.78 Å². The Balaban J connectivity index is 1.62. The quantitative estimate of drug-likeness (QED) is 0.676. The summed E-state index contributed by atoms with van der Waals surface area (Å²) in [7, 11) is 0. The number of hydrogen-bond donors (Lipinski definition) is 0. The Labute approximate surface area is 167 Å². The van der Waals surface area contributed by atoms with E-state index >= 15 is 0 Å². The van der Waals surface area contributed by atoms with Gasteiger partial charge in [-0.15, -0.1) is 0 Å². The van der Waals surface area contributed by atoms with Crippen LogP contribution < -0.4 is 0 Å². The molecule has 3 rings (SSSR count). The van der Waals surface area contributed by atoms with Gasteiger partial charge in [-0.2, -0.15) is 0 Å². The van der Waals surface area contributed by atoms with Crippen LogP contribution in [0, 0.1) is 13.8 Å². The van der Waals surface area contributed by atoms with Gasteiger partial charge in [0.1, 0.15) is 0 Å². The Kier molecular flexibility index (Phi) is 6.74. The monoisotopic (exact) mass is 387 g/mol. The molecule has 1 aromatic carbocycles. The number of rotatable bonds is 7. The summed E-state index contributed by atoms with van der Waals surface area (Å²) in [5.74, 6) is 0.241. The molecule has 0 radical (unpaired) electrons. The minimum absolute atomic E-state index is 0.241. The first-order chi connectivity index (χ1) is 13.0. The van der Waals surface area contributed by atoms with E-state index in [0.29, 0.717) is 6.54 Å². The number of nitrogens with zero attached hydrogens (tertiary/aromatic N) is 3. The van der Waals surface area contributed by atoms with Crippen molar-refractivity contribution in [3.8, 4) is 0 Å². The summed E-state index contributed by atoms with van der Waals surface area (Å²) < 4.78 is 2.26. The maximum atomic E-state index is 12.9. The number of ketones is 1. The van der Waals surface area contributed by atoms with Crippen LogP contribution in [0.5, 0.6) is 0 Å². The molecule has 146 valence electrons. The maximum Gasteiger partial charge on any atom is 0.178 e. The zero-order valence-electron chi connectivity index (χ0n) is 16.7. The van der Waals surface area contributed by atoms with Gasteiger partial charge in [-0.3, -0.25) is 9.69 Å². The number of carbonyl (C=O) groups excluding carboxylic acids is 1. The molecule has 0 atom stereocenters. The molecule has 0 amide bonds. The van der Waals surface area contributed by atoms with Gasteiger partial charge in [0, 0.05) is 54.7 Å². The zero-order chi connectivity index (χ0) is 19.4. The lowest BCUT2D eigenvalue weighted by molar-refractivity contribution is 0.0858. The Morgan fingerprint density at radius 3 is 2.30 bits per heavy atom. The maximum absolute atomic E-state index is 12.9. The summed E-state index contributed by atoms with van der Waals surface area (Å²) in [5.41, 5.74) is 4.37. The Bertz CT molecular complexity index is 774. The second-order valence-electron chi connectivity index (χ2n) is 7.45. The third-order valence-corrected chi connectivity index (χ3v) is 5.94. The molecule has 0 saturated carbocycles. The molecule has 4 nitrogen and oxygen atoms in total. The minimum atomic E-state index is 0.241. The number of Topliss-reactive ketones (excluding diaryl/α,β-unsaturated/α-hetero) is 1. The molecular formula is C22H30ClN3O. The number of aromatic nitrogens is 1. The van der Waals surface area contributed by atoms with E-state index in [1.165, 1.54) is 5.56 Å². The average molecular weight is 388 g/mol. The van der Waals surface area contributed by atoms with Gasteiger partial charge in [0.05, 0.1) is 6.54 Å². The number of aryl methyl sites for hydroxylation is 2. The van der Waals surface area contributed by atoms with E-state index in [2.05, 4.69) is 53.3 Å². The van der Waals surface area contributed by atoms with E-state index in [1.807, 2.05) is 12.1 Å². The molecule has 1 fully saturated rings. The van der Waals surface area contributed by atoms with Crippen LogP contribution in [-0.4, -0.2) is 59.4 Å². The fourth-order valence-corrected chi connectivity index (χ4v) is 4.00. The van der Waals surface area contributed by atoms with Gasteiger partial charge in [0.2, 0.25) is 0 Å². The van der Waals surface area contributed by atoms with Gasteiger partial charge < -0.3 is 9.47 Å². The standard InChI is InChI=1S/C22H30ClN3O/c1-4-24-11-13-25(14-12-24)16-22(27)21-15-17(2)26(18(21)3)10-9-19-5-7-20(23)8-6-19/h5-8,15H,4,9-14,16H2,1-3H3. The summed E-state index contributed by atoms with van der Waals surface area (Å²) in [6.45, 7) is 12.9. The van der Waals surface area contributed by atoms with E-state index in [0.717, 1.165) is 67.7 Å². The molecule has 2 heterocycles. The summed E-state index contributed by atoms with van der Waals surface area (Å²) in [6, 6.07) is 10.1. The van der Waals surface area contributed by atoms with Crippen LogP contribution in [0.4, 0.5) is 0 Å². The first-order valence-electron chi connectivity index (χ1n) is 9.87. The summed E-state index contributed by atoms with van der Waals surface area (Å²) >= 11 is 5.96. The molecule has 0 aliphatic carbocycles. The van der Waals surface area contributed by atoms with E-state index < -0.39 is 0 Å². The average Bonchev–Trinajstić information content (AvgIpc) is 2.96. The third kappa shape index (κ3) is 5.01. The van der Waals surface area contributed by atoms with Crippen molar-refractivity contribution >= 4 is 17.4 Å². The molecule has 27 heavy (non-hydrogen) atoms. The van der Waals surface area contributed by atoms with Crippen molar-refractivity contribution < 1.29 is 4.79 Å². The van der Waals surface area contributed by atoms with Crippen LogP contribution >= 0.6 is 11.6 Å². The number of carbonyl (C=O) groups is 1. The number of benzene rings is 1. The normalized spacial score (nSPS) is 16.0. The highest BCUT2D eigenvalue weighted by molar-refractivity contribution is 6.30. The van der Waals surface area contributed by atoms with Crippen molar-refractivity contribution in [1.29, 1.82) is 0 Å². The van der Waals surface area contributed by atoms with Crippen molar-refractivity contribution in [2.75, 3.05) is 39.3 Å². The molecule has 1 aromatic heterocycles. The molecule has 0 bridgehead atoms. The molecule has 5 heteroatoms. The third-order valence-electron chi connectivity index (χ3n) is 5.69. The molecule has 1 aliphatic rings. The molecular weight excluding hydrogens is 358 g/mol. The van der Waals surface area contributed by atoms with Crippen molar-refractivity contribution in [3.05, 3.63) is 57.9 Å². The Hall–Kier alpha value is -1.62. The predicted molar refractivity (Wildman–Crippen MR) is 112 cm³/mol. The summed E-state index contributed by atoms with van der Waals surface area (Å²) in [6.07, 6.45) is 0.931. The van der Waals surface area contributed by atoms with Crippen LogP contribution in [0.3, 0.4) is 0 Å². The summed E-state index contributed by atoms with van der Waals surface area (Å²) in [4.78, 5) is 17.6. The molecule has 1 saturated heterocycles. The lowest BCUT2D eigenvalue weighted by atomic mass is 10.1. The van der Waals surface area contributed by atoms with Crippen molar-refractivity contribution in [1.82, 2.24) is 14.4 Å². The second kappa shape index (κ2) is 9.05. The Morgan fingerprint density at radius 2 is 1.67 bits per heavy atom. The van der Waals surface area contributed by atoms with E-state index in [-0.39, 0.29) is 5.78 Å². The van der Waals surface area contributed by atoms with Crippen LogP contribution in [0.1, 0.15) is 34.2 Å². The highest BCUT2D eigenvalue weighted by Gasteiger charge is 2.21. The van der Waals surface area contributed by atoms with E-state index in [1.54, 1.807) is 0 Å². The van der Waals surface area contributed by atoms with Gasteiger partial charge in [0.25, 0.3) is 0 Å². The zero-order valence-corrected chi connectivity index (χ0v) is 17.4. The van der Waals surface area contributed by atoms with Gasteiger partial charge in [-0.25, -0.2) is 0 Å². The minimum Gasteiger partial charge on any atom is -0.348 e. The molecule has 2 aromatic rings. The van der Waals surface area contributed by atoms with Crippen LogP contribution in [-0.2, 0) is 13.0 Å². The van der Waals surface area contributed by atoms with Crippen LogP contribution in [0.25, 0.3) is 0 Å². The first-order valence-corrected chi connectivity index (χ1v) is 10.2. The number of hydrogen-bond acceptors (Lipinski definition) is 3. The summed E-state index contributed by atoms with van der Waals surface area (Å²) in [5, 5.41) is 0.764. The first kappa shape index (κ1) is 20.1. The lowest BCUT2D eigenvalue weighted by Gasteiger charge is -2.33. The molecule has 0 N–H and O–H groups in total. The van der Waals surface area contributed by atoms with Gasteiger partial charge in [-0.1, -0.05) is 30.7 Å². The van der Waals surface area contributed by atoms with Crippen molar-refractivity contribution in [2.24, 2.45) is 0 Å². The largest absolute Gasteiger partial charge is 0.348 e. The lowest BCUT2D eigenvalue weighted by Crippen LogP contribution is -2.47. The number of halogens is 1. The van der Waals surface area contributed by atoms with Crippen LogP contribution in [0.15, 0.2) is 30.3 Å². The topological polar surface area (TPSA) is 28.5 Å². The molecule has 1 aliphatic heterocycles. The fourth-order valence-electron chi connectivity index (χ4n) is 3.87. The van der Waals surface area contributed by atoms with Gasteiger partial charge in [-0.05, 0) is 50.6 Å².